The Morgan fingerprint density at radius 2 is 1.86 bits per heavy atom. The lowest BCUT2D eigenvalue weighted by Crippen LogP contribution is -2.56. The number of carboxylic acid groups (broad SMARTS) is 2. The number of aliphatic carboxylic acids is 2. The van der Waals surface area contributed by atoms with Crippen molar-refractivity contribution in [2.24, 2.45) is 5.73 Å². The Balaban J connectivity index is 2.84. The van der Waals surface area contributed by atoms with E-state index < -0.39 is 54.2 Å². The van der Waals surface area contributed by atoms with Gasteiger partial charge in [0.1, 0.15) is 18.1 Å². The molecule has 1 aliphatic rings. The molecule has 0 aliphatic carbocycles. The van der Waals surface area contributed by atoms with Crippen molar-refractivity contribution in [3.8, 4) is 0 Å². The number of nitrogens with zero attached hydrogens (tertiary/aromatic N) is 1. The van der Waals surface area contributed by atoms with Crippen molar-refractivity contribution in [3.05, 3.63) is 0 Å². The molecule has 0 spiro atoms. The number of nitrogens with two attached hydrogens (primary N) is 1. The van der Waals surface area contributed by atoms with E-state index in [9.17, 15) is 29.1 Å². The van der Waals surface area contributed by atoms with Gasteiger partial charge in [-0.1, -0.05) is 0 Å². The number of rotatable bonds is 11. The number of thioether (sulfide) groups is 1. The zero-order valence-electron chi connectivity index (χ0n) is 15.6. The lowest BCUT2D eigenvalue weighted by atomic mass is 10.1. The van der Waals surface area contributed by atoms with Crippen LogP contribution in [0.2, 0.25) is 0 Å². The number of hydrogen-bond acceptors (Lipinski definition) is 7. The fourth-order valence-corrected chi connectivity index (χ4v) is 3.34. The lowest BCUT2D eigenvalue weighted by Gasteiger charge is -2.26. The van der Waals surface area contributed by atoms with E-state index in [1.54, 1.807) is 6.26 Å². The van der Waals surface area contributed by atoms with Crippen molar-refractivity contribution in [3.63, 3.8) is 0 Å². The molecular formula is C16H26N4O7S. The van der Waals surface area contributed by atoms with E-state index in [1.807, 2.05) is 0 Å². The van der Waals surface area contributed by atoms with E-state index in [0.29, 0.717) is 25.1 Å². The molecule has 0 aromatic heterocycles. The molecule has 3 unspecified atom stereocenters. The Morgan fingerprint density at radius 1 is 1.18 bits per heavy atom. The monoisotopic (exact) mass is 418 g/mol. The standard InChI is InChI=1S/C16H26N4O7S/c1-28-6-4-9(16(26)27)18-14(24)10(7-13(22)23)19-15(25)11-3-2-5-20(11)12(21)8-17/h9-11H,2-8,17H2,1H3,(H,18,24)(H,19,25)(H,22,23)(H,26,27). The third-order valence-electron chi connectivity index (χ3n) is 4.29. The molecule has 6 N–H and O–H groups in total. The minimum atomic E-state index is -1.46. The van der Waals surface area contributed by atoms with Gasteiger partial charge in [0.2, 0.25) is 17.7 Å². The number of hydrogen-bond donors (Lipinski definition) is 5. The summed E-state index contributed by atoms with van der Waals surface area (Å²) in [6.45, 7) is 0.0816. The average Bonchev–Trinajstić information content (AvgIpc) is 3.12. The summed E-state index contributed by atoms with van der Waals surface area (Å²) in [6.07, 6.45) is 2.16. The van der Waals surface area contributed by atoms with Crippen LogP contribution >= 0.6 is 11.8 Å². The molecule has 0 saturated carbocycles. The first kappa shape index (κ1) is 23.7. The highest BCUT2D eigenvalue weighted by molar-refractivity contribution is 7.98. The third kappa shape index (κ3) is 7.00. The first-order chi connectivity index (χ1) is 13.2. The third-order valence-corrected chi connectivity index (χ3v) is 4.93. The van der Waals surface area contributed by atoms with Crippen LogP contribution < -0.4 is 16.4 Å². The van der Waals surface area contributed by atoms with Crippen LogP contribution in [-0.2, 0) is 24.0 Å². The summed E-state index contributed by atoms with van der Waals surface area (Å²) in [5.74, 6) is -4.10. The molecule has 3 amide bonds. The van der Waals surface area contributed by atoms with Gasteiger partial charge in [-0.25, -0.2) is 4.79 Å². The highest BCUT2D eigenvalue weighted by Gasteiger charge is 2.36. The predicted molar refractivity (Wildman–Crippen MR) is 101 cm³/mol. The molecule has 1 fully saturated rings. The SMILES string of the molecule is CSCCC(NC(=O)C(CC(=O)O)NC(=O)C1CCCN1C(=O)CN)C(=O)O. The maximum atomic E-state index is 12.5. The van der Waals surface area contributed by atoms with Crippen LogP contribution in [0.15, 0.2) is 0 Å². The van der Waals surface area contributed by atoms with Crippen LogP contribution in [0, 0.1) is 0 Å². The van der Waals surface area contributed by atoms with Gasteiger partial charge in [-0.15, -0.1) is 0 Å². The Bertz CT molecular complexity index is 616. The van der Waals surface area contributed by atoms with E-state index in [4.69, 9.17) is 10.8 Å². The number of amides is 3. The molecule has 1 aliphatic heterocycles. The van der Waals surface area contributed by atoms with E-state index in [-0.39, 0.29) is 13.0 Å². The van der Waals surface area contributed by atoms with Gasteiger partial charge < -0.3 is 31.5 Å². The zero-order chi connectivity index (χ0) is 21.3. The fraction of sp³-hybridized carbons (Fsp3) is 0.688. The first-order valence-corrected chi connectivity index (χ1v) is 10.1. The minimum Gasteiger partial charge on any atom is -0.481 e. The van der Waals surface area contributed by atoms with Crippen molar-refractivity contribution in [2.75, 3.05) is 25.1 Å². The highest BCUT2D eigenvalue weighted by atomic mass is 32.2. The van der Waals surface area contributed by atoms with Gasteiger partial charge in [-0.05, 0) is 31.3 Å². The topological polar surface area (TPSA) is 179 Å². The summed E-state index contributed by atoms with van der Waals surface area (Å²) in [7, 11) is 0. The second kappa shape index (κ2) is 11.5. The molecular weight excluding hydrogens is 392 g/mol. The van der Waals surface area contributed by atoms with Gasteiger partial charge >= 0.3 is 11.9 Å². The maximum absolute atomic E-state index is 12.5. The highest BCUT2D eigenvalue weighted by Crippen LogP contribution is 2.17. The first-order valence-electron chi connectivity index (χ1n) is 8.75. The van der Waals surface area contributed by atoms with Crippen LogP contribution in [0.1, 0.15) is 25.7 Å². The van der Waals surface area contributed by atoms with E-state index in [0.717, 1.165) is 0 Å². The van der Waals surface area contributed by atoms with Crippen molar-refractivity contribution < 1.29 is 34.2 Å². The van der Waals surface area contributed by atoms with Crippen molar-refractivity contribution >= 4 is 41.4 Å². The summed E-state index contributed by atoms with van der Waals surface area (Å²) in [6, 6.07) is -3.50. The van der Waals surface area contributed by atoms with Crippen molar-refractivity contribution in [1.82, 2.24) is 15.5 Å². The Morgan fingerprint density at radius 3 is 2.39 bits per heavy atom. The molecule has 3 atom stereocenters. The van der Waals surface area contributed by atoms with Crippen LogP contribution in [0.5, 0.6) is 0 Å². The van der Waals surface area contributed by atoms with Crippen LogP contribution in [0.3, 0.4) is 0 Å². The molecule has 0 radical (unpaired) electrons. The van der Waals surface area contributed by atoms with Crippen molar-refractivity contribution in [1.29, 1.82) is 0 Å². The minimum absolute atomic E-state index is 0.150. The molecule has 158 valence electrons. The summed E-state index contributed by atoms with van der Waals surface area (Å²) in [4.78, 5) is 60.4. The summed E-state index contributed by atoms with van der Waals surface area (Å²) in [5, 5.41) is 22.9. The Labute approximate surface area is 166 Å². The largest absolute Gasteiger partial charge is 0.481 e. The maximum Gasteiger partial charge on any atom is 0.326 e. The number of carboxylic acids is 2. The molecule has 28 heavy (non-hydrogen) atoms. The van der Waals surface area contributed by atoms with Crippen LogP contribution in [0.25, 0.3) is 0 Å². The van der Waals surface area contributed by atoms with Gasteiger partial charge in [0.15, 0.2) is 0 Å². The number of carbonyl (C=O) groups excluding carboxylic acids is 3. The molecule has 0 aromatic rings. The van der Waals surface area contributed by atoms with Gasteiger partial charge in [0, 0.05) is 6.54 Å². The Hall–Kier alpha value is -2.34. The van der Waals surface area contributed by atoms with Gasteiger partial charge in [0.05, 0.1) is 13.0 Å². The lowest BCUT2D eigenvalue weighted by molar-refractivity contribution is -0.144. The summed E-state index contributed by atoms with van der Waals surface area (Å²) in [5.41, 5.74) is 5.33. The molecule has 0 aromatic carbocycles. The molecule has 1 saturated heterocycles. The molecule has 1 heterocycles. The smallest absolute Gasteiger partial charge is 0.326 e. The molecule has 12 heteroatoms. The van der Waals surface area contributed by atoms with E-state index in [2.05, 4.69) is 10.6 Å². The Kier molecular flexibility index (Phi) is 9.73. The van der Waals surface area contributed by atoms with E-state index >= 15 is 0 Å². The van der Waals surface area contributed by atoms with Crippen molar-refractivity contribution in [2.45, 2.75) is 43.8 Å². The predicted octanol–water partition coefficient (Wildman–Crippen LogP) is -1.78. The van der Waals surface area contributed by atoms with Gasteiger partial charge in [-0.3, -0.25) is 19.2 Å². The average molecular weight is 418 g/mol. The second-order valence-corrected chi connectivity index (χ2v) is 7.27. The number of nitrogens with one attached hydrogen (secondary N) is 2. The van der Waals surface area contributed by atoms with Crippen LogP contribution in [0.4, 0.5) is 0 Å². The van der Waals surface area contributed by atoms with Crippen LogP contribution in [-0.4, -0.2) is 88.0 Å². The van der Waals surface area contributed by atoms with Gasteiger partial charge in [-0.2, -0.15) is 11.8 Å². The van der Waals surface area contributed by atoms with Gasteiger partial charge in [0.25, 0.3) is 0 Å². The molecule has 11 nitrogen and oxygen atoms in total. The summed E-state index contributed by atoms with van der Waals surface area (Å²) >= 11 is 1.40. The second-order valence-electron chi connectivity index (χ2n) is 6.29. The molecule has 1 rings (SSSR count). The number of likely N-dealkylation sites (tertiary alicyclic amines) is 1. The zero-order valence-corrected chi connectivity index (χ0v) is 16.4. The molecule has 0 bridgehead atoms. The fourth-order valence-electron chi connectivity index (χ4n) is 2.87. The number of carbonyl (C=O) groups is 5. The van der Waals surface area contributed by atoms with E-state index in [1.165, 1.54) is 16.7 Å². The quantitative estimate of drug-likeness (QED) is 0.259. The summed E-state index contributed by atoms with van der Waals surface area (Å²) < 4.78 is 0. The normalized spacial score (nSPS) is 18.2.